The van der Waals surface area contributed by atoms with Gasteiger partial charge in [0.15, 0.2) is 0 Å². The predicted molar refractivity (Wildman–Crippen MR) is 185 cm³/mol. The zero-order valence-corrected chi connectivity index (χ0v) is 29.2. The molecule has 0 spiro atoms. The first-order valence-electron chi connectivity index (χ1n) is 18.3. The topological polar surface area (TPSA) is 180 Å². The standard InChI is InChI=1S/C38H48N4O9/c1-21-17-23-10-9-22(2)26(12-11-25-19-24(43)20-32(45)50-25)33(23)30(18-21)51-38(49)40-16-5-3-4-15-39-28-8-6-7-27-34(28)37(48)42(36(27)47)29-13-14-31(44)41-35(29)46/h6-10,17,21-22,24-26,29-30,33,39,43H,3-5,11-16,18-20H2,1-2H3,(H,40,49)(H,41,44,46)/t21-,22-,24+,25+,26-,29?,30-,33-/m0/s1. The third-order valence-electron chi connectivity index (χ3n) is 10.8. The van der Waals surface area contributed by atoms with Gasteiger partial charge in [-0.3, -0.25) is 34.2 Å². The number of nitrogens with one attached hydrogen (secondary N) is 3. The van der Waals surface area contributed by atoms with Crippen LogP contribution < -0.4 is 16.0 Å². The zero-order chi connectivity index (χ0) is 36.2. The Balaban J connectivity index is 0.950. The number of carbonyl (C=O) groups excluding carboxylic acids is 6. The molecular weight excluding hydrogens is 656 g/mol. The van der Waals surface area contributed by atoms with Crippen molar-refractivity contribution in [2.45, 2.75) is 102 Å². The molecule has 3 aliphatic heterocycles. The van der Waals surface area contributed by atoms with E-state index in [1.165, 1.54) is 5.57 Å². The minimum atomic E-state index is -1.02. The Morgan fingerprint density at radius 2 is 1.84 bits per heavy atom. The number of rotatable bonds is 12. The maximum Gasteiger partial charge on any atom is 0.407 e. The third-order valence-corrected chi connectivity index (χ3v) is 10.8. The predicted octanol–water partition coefficient (Wildman–Crippen LogP) is 4.02. The van der Waals surface area contributed by atoms with E-state index in [0.717, 1.165) is 30.6 Å². The van der Waals surface area contributed by atoms with Crippen LogP contribution in [0.3, 0.4) is 0 Å². The molecule has 6 rings (SSSR count). The molecule has 3 heterocycles. The monoisotopic (exact) mass is 704 g/mol. The van der Waals surface area contributed by atoms with Crippen LogP contribution in [-0.4, -0.2) is 83.1 Å². The van der Waals surface area contributed by atoms with Gasteiger partial charge in [0, 0.05) is 37.5 Å². The molecule has 5 aliphatic rings. The summed E-state index contributed by atoms with van der Waals surface area (Å²) in [6.07, 6.45) is 10.0. The van der Waals surface area contributed by atoms with Crippen LogP contribution >= 0.6 is 0 Å². The van der Waals surface area contributed by atoms with E-state index in [2.05, 4.69) is 48.0 Å². The molecule has 2 saturated heterocycles. The van der Waals surface area contributed by atoms with Crippen molar-refractivity contribution in [2.75, 3.05) is 18.4 Å². The van der Waals surface area contributed by atoms with Crippen LogP contribution in [-0.2, 0) is 23.9 Å². The summed E-state index contributed by atoms with van der Waals surface area (Å²) in [5.74, 6) is -1.75. The lowest BCUT2D eigenvalue weighted by Crippen LogP contribution is -2.54. The summed E-state index contributed by atoms with van der Waals surface area (Å²) >= 11 is 0. The molecule has 274 valence electrons. The number of esters is 1. The fourth-order valence-corrected chi connectivity index (χ4v) is 8.32. The van der Waals surface area contributed by atoms with Crippen molar-refractivity contribution in [3.8, 4) is 0 Å². The van der Waals surface area contributed by atoms with Crippen LogP contribution in [0, 0.1) is 23.7 Å². The average Bonchev–Trinajstić information content (AvgIpc) is 3.33. The summed E-state index contributed by atoms with van der Waals surface area (Å²) in [6.45, 7) is 5.27. The van der Waals surface area contributed by atoms with Crippen molar-refractivity contribution in [3.05, 3.63) is 53.1 Å². The van der Waals surface area contributed by atoms with Gasteiger partial charge in [-0.1, -0.05) is 38.1 Å². The molecule has 0 bridgehead atoms. The normalized spacial score (nSPS) is 30.2. The number of amides is 5. The summed E-state index contributed by atoms with van der Waals surface area (Å²) in [6, 6.07) is 3.96. The highest BCUT2D eigenvalue weighted by atomic mass is 16.6. The number of imide groups is 2. The number of hydrogen-bond acceptors (Lipinski definition) is 10. The van der Waals surface area contributed by atoms with E-state index in [4.69, 9.17) is 9.47 Å². The number of piperidine rings is 1. The summed E-state index contributed by atoms with van der Waals surface area (Å²) < 4.78 is 11.6. The number of fused-ring (bicyclic) bond motifs is 2. The summed E-state index contributed by atoms with van der Waals surface area (Å²) in [7, 11) is 0. The number of aliphatic hydroxyl groups excluding tert-OH is 1. The smallest absolute Gasteiger partial charge is 0.407 e. The Labute approximate surface area is 297 Å². The quantitative estimate of drug-likeness (QED) is 0.141. The Bertz CT molecular complexity index is 1620. The highest BCUT2D eigenvalue weighted by molar-refractivity contribution is 6.25. The van der Waals surface area contributed by atoms with E-state index in [1.54, 1.807) is 18.2 Å². The lowest BCUT2D eigenvalue weighted by Gasteiger charge is -2.43. The number of aliphatic hydroxyl groups is 1. The van der Waals surface area contributed by atoms with Gasteiger partial charge in [-0.2, -0.15) is 0 Å². The van der Waals surface area contributed by atoms with Gasteiger partial charge in [0.2, 0.25) is 11.8 Å². The zero-order valence-electron chi connectivity index (χ0n) is 29.2. The molecule has 2 fully saturated rings. The lowest BCUT2D eigenvalue weighted by atomic mass is 9.65. The number of alkyl carbamates (subject to hydrolysis) is 1. The van der Waals surface area contributed by atoms with E-state index in [-0.39, 0.29) is 72.2 Å². The second-order valence-electron chi connectivity index (χ2n) is 14.6. The van der Waals surface area contributed by atoms with Gasteiger partial charge in [-0.25, -0.2) is 4.79 Å². The van der Waals surface area contributed by atoms with Crippen LogP contribution in [0.5, 0.6) is 0 Å². The highest BCUT2D eigenvalue weighted by Gasteiger charge is 2.46. The SMILES string of the molecule is C[C@H]1C=C2C=C[C@H](C)[C@H](CC[C@@H]3C[C@@H](O)CC(=O)O3)[C@H]2[C@@H](OC(=O)NCCCCCNc2cccc3c2C(=O)N(C2CCC(=O)NC2=O)C3=O)C1. The first-order valence-corrected chi connectivity index (χ1v) is 18.3. The lowest BCUT2D eigenvalue weighted by molar-refractivity contribution is -0.160. The van der Waals surface area contributed by atoms with E-state index in [9.17, 15) is 33.9 Å². The van der Waals surface area contributed by atoms with Gasteiger partial charge in [0.05, 0.1) is 23.7 Å². The van der Waals surface area contributed by atoms with E-state index in [0.29, 0.717) is 38.0 Å². The molecule has 2 aliphatic carbocycles. The molecule has 5 amide bonds. The maximum atomic E-state index is 13.3. The van der Waals surface area contributed by atoms with Gasteiger partial charge in [-0.15, -0.1) is 0 Å². The summed E-state index contributed by atoms with van der Waals surface area (Å²) in [4.78, 5) is 76.2. The van der Waals surface area contributed by atoms with Crippen LogP contribution in [0.25, 0.3) is 0 Å². The molecule has 4 N–H and O–H groups in total. The first kappa shape index (κ1) is 36.3. The number of cyclic esters (lactones) is 1. The van der Waals surface area contributed by atoms with E-state index in [1.807, 2.05) is 0 Å². The van der Waals surface area contributed by atoms with Crippen LogP contribution in [0.1, 0.15) is 98.8 Å². The van der Waals surface area contributed by atoms with E-state index >= 15 is 0 Å². The van der Waals surface area contributed by atoms with Gasteiger partial charge in [0.1, 0.15) is 18.2 Å². The Hall–Kier alpha value is -4.52. The largest absolute Gasteiger partial charge is 0.462 e. The van der Waals surface area contributed by atoms with Crippen LogP contribution in [0.15, 0.2) is 42.0 Å². The fraction of sp³-hybridized carbons (Fsp3) is 0.579. The molecule has 0 saturated carbocycles. The van der Waals surface area contributed by atoms with Gasteiger partial charge in [0.25, 0.3) is 11.8 Å². The molecule has 13 heteroatoms. The second kappa shape index (κ2) is 15.8. The summed E-state index contributed by atoms with van der Waals surface area (Å²) in [5.41, 5.74) is 2.15. The Morgan fingerprint density at radius 3 is 2.63 bits per heavy atom. The molecule has 1 aromatic carbocycles. The van der Waals surface area contributed by atoms with Crippen LogP contribution in [0.2, 0.25) is 0 Å². The number of hydrogen-bond donors (Lipinski definition) is 4. The van der Waals surface area contributed by atoms with Gasteiger partial charge >= 0.3 is 12.1 Å². The summed E-state index contributed by atoms with van der Waals surface area (Å²) in [5, 5.41) is 18.4. The molecular formula is C38H48N4O9. The van der Waals surface area contributed by atoms with Gasteiger partial charge in [-0.05, 0) is 80.4 Å². The molecule has 13 nitrogen and oxygen atoms in total. The van der Waals surface area contributed by atoms with E-state index < -0.39 is 41.9 Å². The Kier molecular flexibility index (Phi) is 11.2. The fourth-order valence-electron chi connectivity index (χ4n) is 8.32. The molecule has 1 aromatic rings. The maximum absolute atomic E-state index is 13.3. The van der Waals surface area contributed by atoms with Crippen LogP contribution in [0.4, 0.5) is 10.5 Å². The van der Waals surface area contributed by atoms with Crippen molar-refractivity contribution < 1.29 is 43.3 Å². The number of nitrogens with zero attached hydrogens (tertiary/aromatic N) is 1. The van der Waals surface area contributed by atoms with Crippen molar-refractivity contribution >= 4 is 41.4 Å². The second-order valence-corrected chi connectivity index (χ2v) is 14.6. The highest BCUT2D eigenvalue weighted by Crippen LogP contribution is 2.45. The number of carbonyl (C=O) groups is 6. The molecule has 0 radical (unpaired) electrons. The number of unbranched alkanes of at least 4 members (excludes halogenated alkanes) is 2. The molecule has 0 aromatic heterocycles. The van der Waals surface area contributed by atoms with Crippen molar-refractivity contribution in [3.63, 3.8) is 0 Å². The first-order chi connectivity index (χ1) is 24.5. The number of anilines is 1. The van der Waals surface area contributed by atoms with Crippen molar-refractivity contribution in [1.29, 1.82) is 0 Å². The number of benzene rings is 1. The number of allylic oxidation sites excluding steroid dienone is 3. The minimum absolute atomic E-state index is 0.0416. The average molecular weight is 705 g/mol. The molecule has 1 unspecified atom stereocenters. The Morgan fingerprint density at radius 1 is 1.04 bits per heavy atom. The minimum Gasteiger partial charge on any atom is -0.462 e. The van der Waals surface area contributed by atoms with Crippen molar-refractivity contribution in [2.24, 2.45) is 23.7 Å². The molecule has 51 heavy (non-hydrogen) atoms. The molecule has 8 atom stereocenters. The number of ether oxygens (including phenoxy) is 2. The van der Waals surface area contributed by atoms with Crippen molar-refractivity contribution in [1.82, 2.24) is 15.5 Å². The van der Waals surface area contributed by atoms with Gasteiger partial charge < -0.3 is 25.2 Å². The third kappa shape index (κ3) is 8.19.